The second-order valence-electron chi connectivity index (χ2n) is 5.38. The molecule has 2 unspecified atom stereocenters. The number of aromatic nitrogens is 1. The second-order valence-corrected chi connectivity index (χ2v) is 5.77. The second kappa shape index (κ2) is 4.99. The molecule has 1 saturated carbocycles. The van der Waals surface area contributed by atoms with E-state index in [1.807, 2.05) is 13.8 Å². The maximum absolute atomic E-state index is 12.1. The van der Waals surface area contributed by atoms with Crippen LogP contribution in [0.4, 0.5) is 5.69 Å². The molecule has 2 atom stereocenters. The largest absolute Gasteiger partial charge is 0.392 e. The summed E-state index contributed by atoms with van der Waals surface area (Å²) in [6.07, 6.45) is 0.882. The van der Waals surface area contributed by atoms with Crippen LogP contribution < -0.4 is 5.32 Å². The Balaban J connectivity index is 2.22. The molecule has 1 aliphatic carbocycles. The lowest BCUT2D eigenvalue weighted by Crippen LogP contribution is -2.61. The summed E-state index contributed by atoms with van der Waals surface area (Å²) in [5.74, 6) is -0.592. The Morgan fingerprint density at radius 3 is 2.80 bits per heavy atom. The van der Waals surface area contributed by atoms with Gasteiger partial charge in [0.2, 0.25) is 0 Å². The van der Waals surface area contributed by atoms with Crippen LogP contribution in [0, 0.1) is 15.5 Å². The smallest absolute Gasteiger partial charge is 0.300 e. The first-order chi connectivity index (χ1) is 9.23. The molecule has 2 rings (SSSR count). The van der Waals surface area contributed by atoms with Crippen LogP contribution in [0.2, 0.25) is 5.15 Å². The third-order valence-corrected chi connectivity index (χ3v) is 4.02. The molecule has 2 N–H and O–H groups in total. The highest BCUT2D eigenvalue weighted by Crippen LogP contribution is 2.40. The van der Waals surface area contributed by atoms with Crippen LogP contribution in [0.25, 0.3) is 0 Å². The van der Waals surface area contributed by atoms with Gasteiger partial charge in [-0.1, -0.05) is 25.4 Å². The predicted octanol–water partition coefficient (Wildman–Crippen LogP) is 1.53. The maximum atomic E-state index is 12.1. The lowest BCUT2D eigenvalue weighted by Gasteiger charge is -2.49. The van der Waals surface area contributed by atoms with E-state index in [1.54, 1.807) is 0 Å². The first-order valence-electron chi connectivity index (χ1n) is 6.02. The molecule has 0 aromatic carbocycles. The lowest BCUT2D eigenvalue weighted by molar-refractivity contribution is -0.385. The van der Waals surface area contributed by atoms with Crippen LogP contribution in [0.5, 0.6) is 0 Å². The highest BCUT2D eigenvalue weighted by Gasteiger charge is 2.48. The first kappa shape index (κ1) is 14.7. The Hall–Kier alpha value is -1.73. The molecule has 7 nitrogen and oxygen atoms in total. The van der Waals surface area contributed by atoms with E-state index in [9.17, 15) is 20.0 Å². The summed E-state index contributed by atoms with van der Waals surface area (Å²) in [4.78, 5) is 25.9. The van der Waals surface area contributed by atoms with Crippen molar-refractivity contribution >= 4 is 23.2 Å². The molecule has 8 heteroatoms. The predicted molar refractivity (Wildman–Crippen MR) is 71.6 cm³/mol. The van der Waals surface area contributed by atoms with Crippen molar-refractivity contribution in [3.8, 4) is 0 Å². The molecule has 1 amide bonds. The van der Waals surface area contributed by atoms with Crippen LogP contribution in [0.15, 0.2) is 12.3 Å². The van der Waals surface area contributed by atoms with Crippen molar-refractivity contribution in [2.45, 2.75) is 32.4 Å². The third-order valence-electron chi connectivity index (χ3n) is 3.81. The maximum Gasteiger partial charge on any atom is 0.300 e. The number of nitrogens with zero attached hydrogens (tertiary/aromatic N) is 2. The molecule has 0 saturated heterocycles. The minimum Gasteiger partial charge on any atom is -0.392 e. The number of aliphatic hydroxyl groups is 1. The van der Waals surface area contributed by atoms with E-state index in [4.69, 9.17) is 11.6 Å². The Morgan fingerprint density at radius 2 is 2.30 bits per heavy atom. The van der Waals surface area contributed by atoms with Crippen LogP contribution in [-0.4, -0.2) is 33.1 Å². The monoisotopic (exact) mass is 299 g/mol. The standard InChI is InChI=1S/C12H14ClN3O4/c1-12(2)8(4-9(12)17)15-11(18)6-3-10(13)14-5-7(6)16(19)20/h3,5,8-9,17H,4H2,1-2H3,(H,15,18). The van der Waals surface area contributed by atoms with Crippen molar-refractivity contribution in [2.75, 3.05) is 0 Å². The van der Waals surface area contributed by atoms with E-state index in [1.165, 1.54) is 0 Å². The van der Waals surface area contributed by atoms with Gasteiger partial charge < -0.3 is 10.4 Å². The Bertz CT molecular complexity index is 576. The van der Waals surface area contributed by atoms with Crippen LogP contribution in [0.1, 0.15) is 30.6 Å². The molecular formula is C12H14ClN3O4. The van der Waals surface area contributed by atoms with Gasteiger partial charge in [0, 0.05) is 11.5 Å². The number of hydrogen-bond acceptors (Lipinski definition) is 5. The molecule has 0 aliphatic heterocycles. The van der Waals surface area contributed by atoms with Crippen LogP contribution in [-0.2, 0) is 0 Å². The summed E-state index contributed by atoms with van der Waals surface area (Å²) >= 11 is 5.68. The number of halogens is 1. The summed E-state index contributed by atoms with van der Waals surface area (Å²) in [7, 11) is 0. The van der Waals surface area contributed by atoms with Gasteiger partial charge >= 0.3 is 0 Å². The highest BCUT2D eigenvalue weighted by molar-refractivity contribution is 6.29. The average molecular weight is 300 g/mol. The minimum absolute atomic E-state index is 0.00801. The summed E-state index contributed by atoms with van der Waals surface area (Å²) in [6, 6.07) is 0.924. The summed E-state index contributed by atoms with van der Waals surface area (Å²) < 4.78 is 0. The van der Waals surface area contributed by atoms with Gasteiger partial charge in [-0.3, -0.25) is 14.9 Å². The van der Waals surface area contributed by atoms with Crippen molar-refractivity contribution in [1.82, 2.24) is 10.3 Å². The van der Waals surface area contributed by atoms with Gasteiger partial charge in [-0.05, 0) is 12.5 Å². The number of pyridine rings is 1. The molecule has 20 heavy (non-hydrogen) atoms. The fourth-order valence-corrected chi connectivity index (χ4v) is 2.29. The topological polar surface area (TPSA) is 105 Å². The van der Waals surface area contributed by atoms with Gasteiger partial charge in [-0.15, -0.1) is 0 Å². The average Bonchev–Trinajstić information content (AvgIpc) is 2.37. The van der Waals surface area contributed by atoms with E-state index < -0.39 is 28.0 Å². The fourth-order valence-electron chi connectivity index (χ4n) is 2.13. The number of rotatable bonds is 3. The number of amides is 1. The van der Waals surface area contributed by atoms with Gasteiger partial charge in [0.1, 0.15) is 16.9 Å². The summed E-state index contributed by atoms with van der Waals surface area (Å²) in [5.41, 5.74) is -0.988. The zero-order valence-corrected chi connectivity index (χ0v) is 11.7. The first-order valence-corrected chi connectivity index (χ1v) is 6.40. The number of nitro groups is 1. The normalized spacial score (nSPS) is 23.8. The molecule has 108 valence electrons. The van der Waals surface area contributed by atoms with Gasteiger partial charge in [0.25, 0.3) is 11.6 Å². The minimum atomic E-state index is -0.682. The molecule has 0 bridgehead atoms. The molecule has 1 aromatic heterocycles. The number of hydrogen-bond donors (Lipinski definition) is 2. The zero-order chi connectivity index (χ0) is 15.1. The molecule has 0 spiro atoms. The summed E-state index contributed by atoms with van der Waals surface area (Å²) in [6.45, 7) is 3.64. The van der Waals surface area contributed by atoms with E-state index in [0.717, 1.165) is 12.3 Å². The molecular weight excluding hydrogens is 286 g/mol. The van der Waals surface area contributed by atoms with E-state index in [2.05, 4.69) is 10.3 Å². The molecule has 1 heterocycles. The molecule has 1 aliphatic rings. The van der Waals surface area contributed by atoms with Crippen molar-refractivity contribution in [1.29, 1.82) is 0 Å². The highest BCUT2D eigenvalue weighted by atomic mass is 35.5. The van der Waals surface area contributed by atoms with Crippen molar-refractivity contribution < 1.29 is 14.8 Å². The molecule has 1 aromatic rings. The number of nitrogens with one attached hydrogen (secondary N) is 1. The SMILES string of the molecule is CC1(C)C(O)CC1NC(=O)c1cc(Cl)ncc1[N+](=O)[O-]. The van der Waals surface area contributed by atoms with E-state index in [-0.39, 0.29) is 16.8 Å². The van der Waals surface area contributed by atoms with Crippen LogP contribution >= 0.6 is 11.6 Å². The van der Waals surface area contributed by atoms with E-state index >= 15 is 0 Å². The fraction of sp³-hybridized carbons (Fsp3) is 0.500. The Labute approximate surface area is 120 Å². The third kappa shape index (κ3) is 2.46. The van der Waals surface area contributed by atoms with Gasteiger partial charge in [-0.25, -0.2) is 4.98 Å². The van der Waals surface area contributed by atoms with Gasteiger partial charge in [0.15, 0.2) is 0 Å². The van der Waals surface area contributed by atoms with Crippen molar-refractivity contribution in [3.63, 3.8) is 0 Å². The van der Waals surface area contributed by atoms with E-state index in [0.29, 0.717) is 6.42 Å². The summed E-state index contributed by atoms with van der Waals surface area (Å²) in [5, 5.41) is 23.2. The van der Waals surface area contributed by atoms with Crippen molar-refractivity contribution in [3.05, 3.63) is 33.1 Å². The Kier molecular flexibility index (Phi) is 3.66. The number of aliphatic hydroxyl groups excluding tert-OH is 1. The van der Waals surface area contributed by atoms with Crippen molar-refractivity contribution in [2.24, 2.45) is 5.41 Å². The lowest BCUT2D eigenvalue weighted by atomic mass is 9.64. The van der Waals surface area contributed by atoms with Crippen LogP contribution in [0.3, 0.4) is 0 Å². The van der Waals surface area contributed by atoms with Gasteiger partial charge in [-0.2, -0.15) is 0 Å². The molecule has 0 radical (unpaired) electrons. The number of carbonyl (C=O) groups is 1. The number of carbonyl (C=O) groups excluding carboxylic acids is 1. The zero-order valence-electron chi connectivity index (χ0n) is 11.0. The quantitative estimate of drug-likeness (QED) is 0.500. The van der Waals surface area contributed by atoms with Gasteiger partial charge in [0.05, 0.1) is 11.0 Å². The Morgan fingerprint density at radius 1 is 1.65 bits per heavy atom. The molecule has 1 fully saturated rings.